The Morgan fingerprint density at radius 1 is 1.33 bits per heavy atom. The van der Waals surface area contributed by atoms with Crippen molar-refractivity contribution in [3.8, 4) is 5.69 Å². The van der Waals surface area contributed by atoms with Crippen molar-refractivity contribution < 1.29 is 9.90 Å². The van der Waals surface area contributed by atoms with Crippen LogP contribution in [0.5, 0.6) is 0 Å². The minimum Gasteiger partial charge on any atom is -0.481 e. The van der Waals surface area contributed by atoms with E-state index in [9.17, 15) is 4.79 Å². The highest BCUT2D eigenvalue weighted by atomic mass is 32.2. The van der Waals surface area contributed by atoms with Crippen molar-refractivity contribution in [3.05, 3.63) is 41.2 Å². The molecule has 0 aliphatic heterocycles. The Labute approximate surface area is 129 Å². The van der Waals surface area contributed by atoms with Crippen LogP contribution in [0.1, 0.15) is 36.6 Å². The van der Waals surface area contributed by atoms with Crippen LogP contribution in [0.2, 0.25) is 0 Å². The van der Waals surface area contributed by atoms with E-state index in [1.165, 1.54) is 11.8 Å². The van der Waals surface area contributed by atoms with Gasteiger partial charge in [-0.25, -0.2) is 4.98 Å². The van der Waals surface area contributed by atoms with E-state index in [0.29, 0.717) is 5.92 Å². The molecule has 5 heteroatoms. The number of imidazole rings is 1. The number of carboxylic acids is 1. The summed E-state index contributed by atoms with van der Waals surface area (Å²) >= 11 is 1.26. The first-order chi connectivity index (χ1) is 9.91. The topological polar surface area (TPSA) is 55.1 Å². The molecule has 4 nitrogen and oxygen atoms in total. The van der Waals surface area contributed by atoms with Gasteiger partial charge >= 0.3 is 5.97 Å². The van der Waals surface area contributed by atoms with Gasteiger partial charge in [-0.2, -0.15) is 0 Å². The zero-order chi connectivity index (χ0) is 15.6. The monoisotopic (exact) mass is 304 g/mol. The number of rotatable bonds is 5. The number of aliphatic carboxylic acids is 1. The fraction of sp³-hybridized carbons (Fsp3) is 0.375. The second-order valence-electron chi connectivity index (χ2n) is 5.38. The molecule has 2 rings (SSSR count). The molecule has 0 aliphatic rings. The largest absolute Gasteiger partial charge is 0.481 e. The third kappa shape index (κ3) is 3.29. The maximum absolute atomic E-state index is 10.8. The summed E-state index contributed by atoms with van der Waals surface area (Å²) in [6.45, 7) is 8.37. The molecular formula is C16H20N2O2S. The fourth-order valence-electron chi connectivity index (χ4n) is 2.37. The van der Waals surface area contributed by atoms with E-state index in [4.69, 9.17) is 5.11 Å². The Morgan fingerprint density at radius 3 is 2.48 bits per heavy atom. The molecule has 112 valence electrons. The van der Waals surface area contributed by atoms with Gasteiger partial charge in [-0.05, 0) is 30.9 Å². The van der Waals surface area contributed by atoms with Gasteiger partial charge in [0.15, 0.2) is 5.16 Å². The Bertz CT molecular complexity index is 642. The second kappa shape index (κ2) is 6.35. The number of carboxylic acid groups (broad SMARTS) is 1. The van der Waals surface area contributed by atoms with E-state index in [1.807, 2.05) is 12.3 Å². The van der Waals surface area contributed by atoms with Crippen LogP contribution >= 0.6 is 11.8 Å². The van der Waals surface area contributed by atoms with Crippen molar-refractivity contribution in [2.45, 2.75) is 38.8 Å². The summed E-state index contributed by atoms with van der Waals surface area (Å²) in [5.74, 6) is -0.503. The second-order valence-corrected chi connectivity index (χ2v) is 6.32. The molecule has 0 bridgehead atoms. The van der Waals surface area contributed by atoms with Gasteiger partial charge in [0.05, 0.1) is 17.6 Å². The smallest absolute Gasteiger partial charge is 0.313 e. The van der Waals surface area contributed by atoms with Crippen molar-refractivity contribution in [1.82, 2.24) is 9.55 Å². The van der Waals surface area contributed by atoms with Gasteiger partial charge in [0.2, 0.25) is 0 Å². The molecular weight excluding hydrogens is 284 g/mol. The average molecular weight is 304 g/mol. The third-order valence-corrected chi connectivity index (χ3v) is 4.27. The molecule has 0 fully saturated rings. The van der Waals surface area contributed by atoms with Gasteiger partial charge < -0.3 is 5.11 Å². The molecule has 21 heavy (non-hydrogen) atoms. The number of hydrogen-bond donors (Lipinski definition) is 1. The highest BCUT2D eigenvalue weighted by molar-refractivity contribution is 7.99. The lowest BCUT2D eigenvalue weighted by Gasteiger charge is -2.18. The van der Waals surface area contributed by atoms with Crippen LogP contribution in [0.15, 0.2) is 29.6 Å². The molecule has 0 saturated carbocycles. The molecule has 2 aromatic rings. The summed E-state index contributed by atoms with van der Waals surface area (Å²) in [5, 5.41) is 9.64. The summed E-state index contributed by atoms with van der Waals surface area (Å²) in [7, 11) is 0. The summed E-state index contributed by atoms with van der Waals surface area (Å²) in [4.78, 5) is 15.3. The van der Waals surface area contributed by atoms with Gasteiger partial charge in [0.1, 0.15) is 0 Å². The minimum atomic E-state index is -0.831. The van der Waals surface area contributed by atoms with Crippen molar-refractivity contribution in [2.24, 2.45) is 0 Å². The number of aryl methyl sites for hydroxylation is 2. The molecule has 0 amide bonds. The van der Waals surface area contributed by atoms with Crippen LogP contribution in [0.25, 0.3) is 5.69 Å². The van der Waals surface area contributed by atoms with E-state index in [0.717, 1.165) is 27.7 Å². The lowest BCUT2D eigenvalue weighted by molar-refractivity contribution is -0.133. The molecule has 0 radical (unpaired) electrons. The zero-order valence-corrected chi connectivity index (χ0v) is 13.6. The maximum Gasteiger partial charge on any atom is 0.313 e. The molecule has 1 N–H and O–H groups in total. The molecule has 0 spiro atoms. The molecule has 0 saturated heterocycles. The van der Waals surface area contributed by atoms with E-state index >= 15 is 0 Å². The maximum atomic E-state index is 10.8. The molecule has 1 aromatic heterocycles. The van der Waals surface area contributed by atoms with Crippen LogP contribution in [-0.4, -0.2) is 26.4 Å². The summed E-state index contributed by atoms with van der Waals surface area (Å²) in [6.07, 6.45) is 1.85. The van der Waals surface area contributed by atoms with Crippen LogP contribution < -0.4 is 0 Å². The van der Waals surface area contributed by atoms with Crippen LogP contribution in [0.3, 0.4) is 0 Å². The Hall–Kier alpha value is -1.75. The number of para-hydroxylation sites is 1. The Balaban J connectivity index is 2.58. The number of aromatic nitrogens is 2. The minimum absolute atomic E-state index is 0.0134. The van der Waals surface area contributed by atoms with Crippen molar-refractivity contribution in [2.75, 3.05) is 5.75 Å². The first kappa shape index (κ1) is 15.6. The van der Waals surface area contributed by atoms with E-state index < -0.39 is 5.97 Å². The molecule has 0 aliphatic carbocycles. The van der Waals surface area contributed by atoms with E-state index in [2.05, 4.69) is 49.4 Å². The highest BCUT2D eigenvalue weighted by Crippen LogP contribution is 2.30. The van der Waals surface area contributed by atoms with E-state index in [1.54, 1.807) is 0 Å². The first-order valence-corrected chi connectivity index (χ1v) is 7.89. The number of benzene rings is 1. The zero-order valence-electron chi connectivity index (χ0n) is 12.8. The molecule has 1 heterocycles. The third-order valence-electron chi connectivity index (χ3n) is 3.34. The number of thioether (sulfide) groups is 1. The van der Waals surface area contributed by atoms with Crippen LogP contribution in [-0.2, 0) is 4.79 Å². The fourth-order valence-corrected chi connectivity index (χ4v) is 3.07. The van der Waals surface area contributed by atoms with Gasteiger partial charge in [-0.3, -0.25) is 9.36 Å². The van der Waals surface area contributed by atoms with Crippen molar-refractivity contribution in [1.29, 1.82) is 0 Å². The van der Waals surface area contributed by atoms with Crippen LogP contribution in [0.4, 0.5) is 0 Å². The number of carbonyl (C=O) groups is 1. The Kier molecular flexibility index (Phi) is 4.73. The lowest BCUT2D eigenvalue weighted by atomic mass is 10.1. The molecule has 1 aromatic carbocycles. The average Bonchev–Trinajstić information content (AvgIpc) is 2.80. The highest BCUT2D eigenvalue weighted by Gasteiger charge is 2.18. The normalized spacial score (nSPS) is 11.1. The quantitative estimate of drug-likeness (QED) is 0.854. The van der Waals surface area contributed by atoms with Crippen molar-refractivity contribution in [3.63, 3.8) is 0 Å². The van der Waals surface area contributed by atoms with Crippen molar-refractivity contribution >= 4 is 17.7 Å². The summed E-state index contributed by atoms with van der Waals surface area (Å²) < 4.78 is 2.10. The summed E-state index contributed by atoms with van der Waals surface area (Å²) in [5.41, 5.74) is 4.52. The molecule has 0 unspecified atom stereocenters. The number of hydrogen-bond acceptors (Lipinski definition) is 3. The van der Waals surface area contributed by atoms with Gasteiger partial charge in [0, 0.05) is 5.69 Å². The molecule has 0 atom stereocenters. The van der Waals surface area contributed by atoms with Crippen LogP contribution in [0, 0.1) is 13.8 Å². The Morgan fingerprint density at radius 2 is 1.95 bits per heavy atom. The van der Waals surface area contributed by atoms with Gasteiger partial charge in [0.25, 0.3) is 0 Å². The van der Waals surface area contributed by atoms with Gasteiger partial charge in [-0.15, -0.1) is 0 Å². The lowest BCUT2D eigenvalue weighted by Crippen LogP contribution is -2.08. The summed E-state index contributed by atoms with van der Waals surface area (Å²) in [6, 6.07) is 6.17. The SMILES string of the molecule is Cc1cccc(C)c1-n1c(C(C)C)cnc1SCC(=O)O. The van der Waals surface area contributed by atoms with Gasteiger partial charge in [-0.1, -0.05) is 43.8 Å². The number of nitrogens with zero attached hydrogens (tertiary/aromatic N) is 2. The predicted octanol–water partition coefficient (Wildman–Crippen LogP) is 3.79. The first-order valence-electron chi connectivity index (χ1n) is 6.90. The van der Waals surface area contributed by atoms with E-state index in [-0.39, 0.29) is 5.75 Å². The standard InChI is InChI=1S/C16H20N2O2S/c1-10(2)13-8-17-16(21-9-14(19)20)18(13)15-11(3)6-5-7-12(15)4/h5-8,10H,9H2,1-4H3,(H,19,20). The predicted molar refractivity (Wildman–Crippen MR) is 85.5 cm³/mol.